The number of alkyl halides is 1. The number of benzene rings is 1. The van der Waals surface area contributed by atoms with Gasteiger partial charge in [-0.25, -0.2) is 0 Å². The minimum atomic E-state index is -0.493. The number of hydrogen-bond donors (Lipinski definition) is 0. The van der Waals surface area contributed by atoms with Gasteiger partial charge in [-0.05, 0) is 0 Å². The molecule has 0 spiro atoms. The molecule has 5 heteroatoms. The first kappa shape index (κ1) is 12.3. The Morgan fingerprint density at radius 2 is 2.25 bits per heavy atom. The van der Waals surface area contributed by atoms with E-state index in [1.165, 1.54) is 0 Å². The first-order valence-electron chi connectivity index (χ1n) is 4.61. The van der Waals surface area contributed by atoms with E-state index in [9.17, 15) is 4.79 Å². The van der Waals surface area contributed by atoms with Crippen molar-refractivity contribution in [2.24, 2.45) is 0 Å². The van der Waals surface area contributed by atoms with Gasteiger partial charge in [0.2, 0.25) is 0 Å². The molecule has 80 valence electrons. The standard InChI is InChI=1S/C10H5Br2O2.CH2.Al/c11-4-8-7-2-1-6(12)3-9(7)14-10(8)5-13;;/h1-3H,4H2;1H2;. The summed E-state index contributed by atoms with van der Waals surface area (Å²) in [6.45, 7) is 0. The van der Waals surface area contributed by atoms with Gasteiger partial charge >= 0.3 is 116 Å². The first-order chi connectivity index (χ1) is 7.67. The Labute approximate surface area is 116 Å². The van der Waals surface area contributed by atoms with Gasteiger partial charge in [-0.15, -0.1) is 0 Å². The number of hydrogen-bond acceptors (Lipinski definition) is 2. The monoisotopic (exact) mass is 356 g/mol. The van der Waals surface area contributed by atoms with Gasteiger partial charge in [0, 0.05) is 0 Å². The molecule has 0 atom stereocenters. The molecule has 0 saturated carbocycles. The Balaban J connectivity index is 2.75. The van der Waals surface area contributed by atoms with Gasteiger partial charge < -0.3 is 0 Å². The molecule has 0 saturated heterocycles. The molecule has 2 rings (SSSR count). The van der Waals surface area contributed by atoms with E-state index in [2.05, 4.69) is 37.2 Å². The Hall–Kier alpha value is -0.208. The van der Waals surface area contributed by atoms with Gasteiger partial charge in [0.05, 0.1) is 0 Å². The van der Waals surface area contributed by atoms with Gasteiger partial charge in [0.15, 0.2) is 0 Å². The SMILES string of the molecule is [CH2]=[Al][C](=O)c1oc2cc(Br)ccc2c1CBr. The van der Waals surface area contributed by atoms with E-state index in [0.29, 0.717) is 11.1 Å². The molecule has 1 heterocycles. The van der Waals surface area contributed by atoms with Crippen molar-refractivity contribution in [1.82, 2.24) is 0 Å². The van der Waals surface area contributed by atoms with Crippen LogP contribution in [0.3, 0.4) is 0 Å². The predicted octanol–water partition coefficient (Wildman–Crippen LogP) is 3.37. The van der Waals surface area contributed by atoms with Crippen LogP contribution in [0.5, 0.6) is 0 Å². The Kier molecular flexibility index (Phi) is 3.81. The van der Waals surface area contributed by atoms with E-state index >= 15 is 0 Å². The molecule has 0 fully saturated rings. The summed E-state index contributed by atoms with van der Waals surface area (Å²) in [6, 6.07) is 5.76. The van der Waals surface area contributed by atoms with Crippen LogP contribution in [0.15, 0.2) is 27.1 Å². The van der Waals surface area contributed by atoms with Crippen LogP contribution in [0, 0.1) is 0 Å². The molecule has 0 amide bonds. The summed E-state index contributed by atoms with van der Waals surface area (Å²) < 4.78 is 6.55. The van der Waals surface area contributed by atoms with Crippen molar-refractivity contribution in [1.29, 1.82) is 0 Å². The van der Waals surface area contributed by atoms with Crippen LogP contribution in [0.25, 0.3) is 11.0 Å². The number of fused-ring (bicyclic) bond motifs is 1. The van der Waals surface area contributed by atoms with E-state index in [1.54, 1.807) is 0 Å². The summed E-state index contributed by atoms with van der Waals surface area (Å²) in [5, 5.41) is 5.27. The molecule has 2 nitrogen and oxygen atoms in total. The van der Waals surface area contributed by atoms with Crippen molar-refractivity contribution in [2.75, 3.05) is 0 Å². The minimum absolute atomic E-state index is 0.0155. The van der Waals surface area contributed by atoms with Crippen LogP contribution in [0.2, 0.25) is 0 Å². The zero-order valence-electron chi connectivity index (χ0n) is 8.30. The summed E-state index contributed by atoms with van der Waals surface area (Å²) >= 11 is 6.28. The van der Waals surface area contributed by atoms with Gasteiger partial charge in [-0.3, -0.25) is 0 Å². The van der Waals surface area contributed by atoms with E-state index in [4.69, 9.17) is 4.42 Å². The average molecular weight is 358 g/mol. The van der Waals surface area contributed by atoms with Crippen molar-refractivity contribution < 1.29 is 9.21 Å². The fraction of sp³-hybridized carbons (Fsp3) is 0.0909. The summed E-state index contributed by atoms with van der Waals surface area (Å²) in [7, 11) is 0. The second-order valence-electron chi connectivity index (χ2n) is 3.25. The molecule has 0 bridgehead atoms. The summed E-state index contributed by atoms with van der Waals surface area (Å²) in [4.78, 5) is 11.7. The van der Waals surface area contributed by atoms with Crippen LogP contribution < -0.4 is 0 Å². The van der Waals surface area contributed by atoms with Crippen LogP contribution in [-0.4, -0.2) is 24.8 Å². The maximum atomic E-state index is 11.7. The second-order valence-corrected chi connectivity index (χ2v) is 5.66. The van der Waals surface area contributed by atoms with Crippen LogP contribution in [0.1, 0.15) is 16.1 Å². The third kappa shape index (κ3) is 2.10. The van der Waals surface area contributed by atoms with Crippen LogP contribution in [-0.2, 0) is 5.33 Å². The number of furan rings is 1. The predicted molar refractivity (Wildman–Crippen MR) is 73.8 cm³/mol. The van der Waals surface area contributed by atoms with Crippen molar-refractivity contribution in [3.05, 3.63) is 34.0 Å². The molecule has 0 aliphatic heterocycles. The third-order valence-corrected chi connectivity index (χ3v) is 3.98. The maximum absolute atomic E-state index is 11.7. The van der Waals surface area contributed by atoms with Crippen LogP contribution in [0.4, 0.5) is 0 Å². The zero-order chi connectivity index (χ0) is 11.7. The molecule has 0 unspecified atom stereocenters. The zero-order valence-corrected chi connectivity index (χ0v) is 12.6. The van der Waals surface area contributed by atoms with E-state index in [0.717, 1.165) is 21.0 Å². The van der Waals surface area contributed by atoms with Crippen molar-refractivity contribution in [3.63, 3.8) is 0 Å². The molecular weight excluding hydrogens is 351 g/mol. The Morgan fingerprint density at radius 1 is 1.50 bits per heavy atom. The van der Waals surface area contributed by atoms with Crippen molar-refractivity contribution >= 4 is 67.6 Å². The molecule has 16 heavy (non-hydrogen) atoms. The fourth-order valence-corrected chi connectivity index (χ4v) is 2.86. The Morgan fingerprint density at radius 3 is 2.88 bits per heavy atom. The summed E-state index contributed by atoms with van der Waals surface area (Å²) in [5.74, 6) is 0.454. The molecule has 1 aromatic heterocycles. The quantitative estimate of drug-likeness (QED) is 0.622. The third-order valence-electron chi connectivity index (χ3n) is 2.30. The molecule has 0 aliphatic rings. The number of rotatable bonds is 3. The number of carbonyl (C=O) groups excluding carboxylic acids is 1. The molecule has 2 aromatic rings. The van der Waals surface area contributed by atoms with E-state index in [1.807, 2.05) is 18.2 Å². The summed E-state index contributed by atoms with van der Waals surface area (Å²) in [6.07, 6.45) is 0. The molecule has 0 radical (unpaired) electrons. The molecular formula is C11H7AlBr2O2. The van der Waals surface area contributed by atoms with Crippen molar-refractivity contribution in [3.8, 4) is 0 Å². The molecule has 1 aromatic carbocycles. The van der Waals surface area contributed by atoms with Gasteiger partial charge in [-0.1, -0.05) is 0 Å². The Bertz CT molecular complexity index is 575. The molecule has 0 N–H and O–H groups in total. The van der Waals surface area contributed by atoms with Gasteiger partial charge in [0.25, 0.3) is 0 Å². The fourth-order valence-electron chi connectivity index (χ4n) is 1.55. The van der Waals surface area contributed by atoms with Gasteiger partial charge in [0.1, 0.15) is 0 Å². The van der Waals surface area contributed by atoms with E-state index in [-0.39, 0.29) is 4.65 Å². The topological polar surface area (TPSA) is 30.2 Å². The summed E-state index contributed by atoms with van der Waals surface area (Å²) in [5.41, 5.74) is 1.66. The van der Waals surface area contributed by atoms with Gasteiger partial charge in [-0.2, -0.15) is 0 Å². The van der Waals surface area contributed by atoms with Crippen molar-refractivity contribution in [2.45, 2.75) is 5.33 Å². The van der Waals surface area contributed by atoms with E-state index < -0.39 is 14.8 Å². The first-order valence-corrected chi connectivity index (χ1v) is 7.92. The average Bonchev–Trinajstić information content (AvgIpc) is 2.65. The molecule has 0 aliphatic carbocycles. The number of carbonyl (C=O) groups is 1. The van der Waals surface area contributed by atoms with Crippen LogP contribution >= 0.6 is 31.9 Å². The second kappa shape index (κ2) is 4.97. The number of halogens is 2. The normalized spacial score (nSPS) is 10.4.